The fraction of sp³-hybridized carbons (Fsp3) is 0.517. The third kappa shape index (κ3) is 3.69. The summed E-state index contributed by atoms with van der Waals surface area (Å²) in [6.07, 6.45) is 7.54. The molecule has 2 saturated heterocycles. The van der Waals surface area contributed by atoms with Crippen LogP contribution in [0.15, 0.2) is 49.1 Å². The molecule has 8 unspecified atom stereocenters. The lowest BCUT2D eigenvalue weighted by Gasteiger charge is -2.21. The van der Waals surface area contributed by atoms with E-state index in [1.807, 2.05) is 50.3 Å². The van der Waals surface area contributed by atoms with E-state index >= 15 is 0 Å². The van der Waals surface area contributed by atoms with Crippen molar-refractivity contribution >= 4 is 23.6 Å². The van der Waals surface area contributed by atoms with Crippen LogP contribution in [0.1, 0.15) is 44.7 Å². The molecule has 2 heterocycles. The van der Waals surface area contributed by atoms with Gasteiger partial charge in [0.25, 0.3) is 0 Å². The zero-order chi connectivity index (χ0) is 25.0. The summed E-state index contributed by atoms with van der Waals surface area (Å²) in [4.78, 5) is 55.5. The van der Waals surface area contributed by atoms with E-state index in [0.717, 1.165) is 24.0 Å². The molecule has 184 valence electrons. The number of carbonyl (C=O) groups excluding carboxylic acids is 4. The van der Waals surface area contributed by atoms with Crippen molar-refractivity contribution in [1.82, 2.24) is 9.80 Å². The van der Waals surface area contributed by atoms with Gasteiger partial charge in [0, 0.05) is 0 Å². The molecule has 2 aliphatic carbocycles. The maximum atomic E-state index is 13.2. The molecule has 2 aliphatic heterocycles. The monoisotopic (exact) mass is 474 g/mol. The topological polar surface area (TPSA) is 74.8 Å². The summed E-state index contributed by atoms with van der Waals surface area (Å²) in [6.45, 7) is 10.4. The number of hydrogen-bond acceptors (Lipinski definition) is 4. The summed E-state index contributed by atoms with van der Waals surface area (Å²) in [5.41, 5.74) is 1.66. The predicted molar refractivity (Wildman–Crippen MR) is 131 cm³/mol. The second-order valence-electron chi connectivity index (χ2n) is 11.0. The van der Waals surface area contributed by atoms with E-state index in [2.05, 4.69) is 19.6 Å². The molecule has 4 amide bonds. The Bertz CT molecular complexity index is 1120. The highest BCUT2D eigenvalue weighted by Crippen LogP contribution is 2.49. The average Bonchev–Trinajstić information content (AvgIpc) is 3.49. The second kappa shape index (κ2) is 8.89. The number of rotatable bonds is 6. The molecule has 1 aromatic carbocycles. The molecule has 6 nitrogen and oxygen atoms in total. The lowest BCUT2D eigenvalue weighted by molar-refractivity contribution is -0.143. The summed E-state index contributed by atoms with van der Waals surface area (Å²) in [7, 11) is 0. The Labute approximate surface area is 207 Å². The average molecular weight is 475 g/mol. The van der Waals surface area contributed by atoms with Gasteiger partial charge in [-0.15, -0.1) is 6.58 Å². The molecule has 6 heteroatoms. The van der Waals surface area contributed by atoms with Gasteiger partial charge in [0.15, 0.2) is 0 Å². The fourth-order valence-electron chi connectivity index (χ4n) is 7.28. The Morgan fingerprint density at radius 2 is 1.26 bits per heavy atom. The minimum atomic E-state index is -0.301. The van der Waals surface area contributed by atoms with Crippen LogP contribution in [0.4, 0.5) is 0 Å². The van der Waals surface area contributed by atoms with Crippen molar-refractivity contribution in [2.24, 2.45) is 47.3 Å². The number of nitrogens with zero attached hydrogens (tertiary/aromatic N) is 2. The van der Waals surface area contributed by atoms with Gasteiger partial charge in [0.05, 0.1) is 36.8 Å². The van der Waals surface area contributed by atoms with Gasteiger partial charge in [0.1, 0.15) is 0 Å². The first-order chi connectivity index (χ1) is 16.8. The maximum Gasteiger partial charge on any atom is 0.234 e. The van der Waals surface area contributed by atoms with E-state index < -0.39 is 0 Å². The third-order valence-corrected chi connectivity index (χ3v) is 8.83. The molecule has 0 radical (unpaired) electrons. The number of amides is 4. The van der Waals surface area contributed by atoms with Crippen LogP contribution in [-0.4, -0.2) is 33.4 Å². The number of imide groups is 2. The van der Waals surface area contributed by atoms with E-state index in [9.17, 15) is 19.2 Å². The summed E-state index contributed by atoms with van der Waals surface area (Å²) >= 11 is 0. The zero-order valence-corrected chi connectivity index (χ0v) is 20.7. The van der Waals surface area contributed by atoms with Crippen molar-refractivity contribution in [1.29, 1.82) is 0 Å². The van der Waals surface area contributed by atoms with Crippen LogP contribution in [0, 0.1) is 47.3 Å². The Morgan fingerprint density at radius 3 is 1.74 bits per heavy atom. The summed E-state index contributed by atoms with van der Waals surface area (Å²) in [5.74, 6) is -0.938. The molecular formula is C29H34N2O4. The van der Waals surface area contributed by atoms with Crippen molar-refractivity contribution in [3.8, 4) is 0 Å². The molecule has 0 N–H and O–H groups in total. The summed E-state index contributed by atoms with van der Waals surface area (Å²) in [5, 5.41) is 0. The lowest BCUT2D eigenvalue weighted by Crippen LogP contribution is -2.33. The third-order valence-electron chi connectivity index (χ3n) is 8.83. The summed E-state index contributed by atoms with van der Waals surface area (Å²) in [6, 6.07) is 7.55. The molecular weight excluding hydrogens is 440 g/mol. The van der Waals surface area contributed by atoms with Gasteiger partial charge >= 0.3 is 0 Å². The van der Waals surface area contributed by atoms with Gasteiger partial charge in [0.2, 0.25) is 23.6 Å². The molecule has 0 aromatic heterocycles. The normalized spacial score (nSPS) is 36.5. The predicted octanol–water partition coefficient (Wildman–Crippen LogP) is 3.96. The Hall–Kier alpha value is -3.02. The van der Waals surface area contributed by atoms with Crippen molar-refractivity contribution < 1.29 is 19.2 Å². The van der Waals surface area contributed by atoms with E-state index in [1.165, 1.54) is 9.80 Å². The van der Waals surface area contributed by atoms with Crippen molar-refractivity contribution in [3.05, 3.63) is 60.2 Å². The maximum absolute atomic E-state index is 13.2. The molecule has 5 rings (SSSR count). The van der Waals surface area contributed by atoms with Crippen molar-refractivity contribution in [2.75, 3.05) is 0 Å². The number of carbonyl (C=O) groups is 4. The first-order valence-electron chi connectivity index (χ1n) is 12.8. The van der Waals surface area contributed by atoms with Gasteiger partial charge in [-0.05, 0) is 54.6 Å². The van der Waals surface area contributed by atoms with Crippen LogP contribution in [0.25, 0.3) is 0 Å². The number of allylic oxidation sites excluding steroid dienone is 3. The number of hydrogen-bond donors (Lipinski definition) is 0. The van der Waals surface area contributed by atoms with Crippen molar-refractivity contribution in [2.45, 2.75) is 46.7 Å². The first-order valence-corrected chi connectivity index (χ1v) is 12.8. The zero-order valence-electron chi connectivity index (χ0n) is 20.7. The van der Waals surface area contributed by atoms with Crippen LogP contribution < -0.4 is 0 Å². The van der Waals surface area contributed by atoms with Crippen LogP contribution >= 0.6 is 0 Å². The van der Waals surface area contributed by atoms with Gasteiger partial charge in [-0.2, -0.15) is 0 Å². The minimum Gasteiger partial charge on any atom is -0.278 e. The van der Waals surface area contributed by atoms with Gasteiger partial charge < -0.3 is 0 Å². The highest BCUT2D eigenvalue weighted by Gasteiger charge is 2.57. The molecule has 4 fully saturated rings. The van der Waals surface area contributed by atoms with Crippen molar-refractivity contribution in [3.63, 3.8) is 0 Å². The highest BCUT2D eigenvalue weighted by atomic mass is 16.2. The Morgan fingerprint density at radius 1 is 0.800 bits per heavy atom. The number of benzene rings is 1. The quantitative estimate of drug-likeness (QED) is 0.462. The van der Waals surface area contributed by atoms with Crippen LogP contribution in [0.2, 0.25) is 0 Å². The molecule has 1 aromatic rings. The van der Waals surface area contributed by atoms with E-state index in [0.29, 0.717) is 0 Å². The minimum absolute atomic E-state index is 0.0446. The number of fused-ring (bicyclic) bond motifs is 2. The Balaban J connectivity index is 1.32. The molecule has 2 saturated carbocycles. The van der Waals surface area contributed by atoms with Crippen LogP contribution in [0.3, 0.4) is 0 Å². The van der Waals surface area contributed by atoms with Gasteiger partial charge in [-0.3, -0.25) is 29.0 Å². The smallest absolute Gasteiger partial charge is 0.234 e. The lowest BCUT2D eigenvalue weighted by atomic mass is 9.90. The molecule has 4 aliphatic rings. The molecule has 8 atom stereocenters. The Kier molecular flexibility index (Phi) is 6.02. The van der Waals surface area contributed by atoms with Gasteiger partial charge in [-0.25, -0.2) is 0 Å². The molecule has 35 heavy (non-hydrogen) atoms. The van der Waals surface area contributed by atoms with Crippen LogP contribution in [-0.2, 0) is 32.3 Å². The summed E-state index contributed by atoms with van der Waals surface area (Å²) < 4.78 is 0. The standard InChI is InChI=1S/C29H34N2O4/c1-5-8-21-12-17(4)23-25(21)29(35)31(27(23)33)15-19-10-7-9-18(13-19)14-30-26(32)22-16(3)11-20(6-2)24(22)28(30)34/h5-10,13,16-17,20-25H,2,11-12,14-15H2,1,3-4H3/b8-5-. The highest BCUT2D eigenvalue weighted by molar-refractivity contribution is 6.06. The molecule has 0 bridgehead atoms. The van der Waals surface area contributed by atoms with E-state index in [4.69, 9.17) is 0 Å². The first kappa shape index (κ1) is 23.7. The SMILES string of the molecule is C=CC1CC(C)C2C(=O)N(Cc3cccc(CN4C(=O)C5C(C)CC(/C=C\C)C5C4=O)c3)C(=O)C12. The largest absolute Gasteiger partial charge is 0.278 e. The van der Waals surface area contributed by atoms with Crippen LogP contribution in [0.5, 0.6) is 0 Å². The van der Waals surface area contributed by atoms with Gasteiger partial charge in [-0.1, -0.05) is 56.3 Å². The number of likely N-dealkylation sites (tertiary alicyclic amines) is 2. The second-order valence-corrected chi connectivity index (χ2v) is 11.0. The molecule has 0 spiro atoms. The van der Waals surface area contributed by atoms with E-state index in [1.54, 1.807) is 0 Å². The fourth-order valence-corrected chi connectivity index (χ4v) is 7.28. The van der Waals surface area contributed by atoms with E-state index in [-0.39, 0.29) is 84.1 Å².